The summed E-state index contributed by atoms with van der Waals surface area (Å²) in [6.45, 7) is 10.7. The molecule has 1 saturated heterocycles. The Morgan fingerprint density at radius 1 is 1.24 bits per heavy atom. The molecule has 2 aliphatic rings. The lowest BCUT2D eigenvalue weighted by Crippen LogP contribution is -2.52. The number of ether oxygens (including phenoxy) is 1. The van der Waals surface area contributed by atoms with Gasteiger partial charge in [-0.1, -0.05) is 67.4 Å². The lowest BCUT2D eigenvalue weighted by atomic mass is 9.85. The molecule has 6 nitrogen and oxygen atoms in total. The third-order valence-corrected chi connectivity index (χ3v) is 9.42. The van der Waals surface area contributed by atoms with Gasteiger partial charge in [0.15, 0.2) is 5.01 Å². The van der Waals surface area contributed by atoms with Crippen LogP contribution in [0.2, 0.25) is 10.0 Å². The number of carbonyl (C=O) groups excluding carboxylic acids is 1. The number of nitrogens with zero attached hydrogens (tertiary/aromatic N) is 2. The van der Waals surface area contributed by atoms with Crippen molar-refractivity contribution in [2.24, 2.45) is 5.92 Å². The van der Waals surface area contributed by atoms with Gasteiger partial charge in [-0.05, 0) is 45.6 Å². The van der Waals surface area contributed by atoms with Gasteiger partial charge in [-0.25, -0.2) is 4.98 Å². The van der Waals surface area contributed by atoms with Crippen LogP contribution in [0.1, 0.15) is 80.9 Å². The summed E-state index contributed by atoms with van der Waals surface area (Å²) in [6, 6.07) is 4.07. The molecule has 1 amide bonds. The van der Waals surface area contributed by atoms with Gasteiger partial charge >= 0.3 is 0 Å². The Kier molecular flexibility index (Phi) is 9.25. The highest BCUT2D eigenvalue weighted by Gasteiger charge is 2.31. The standard InChI is InChI=1S/C28H39Cl2N3O3S/c1-27(2)17-36-13-12-33(27)15-19-10-11-20(23(30)22(19)29)24-21(14-18-8-6-5-7-9-18)32-26(37-24)25(34)31-16-28(3,4)35/h10-11,18,35H,5-9,12-17H2,1-4H3,(H,31,34). The maximum atomic E-state index is 12.9. The summed E-state index contributed by atoms with van der Waals surface area (Å²) in [5.41, 5.74) is 1.63. The summed E-state index contributed by atoms with van der Waals surface area (Å²) in [7, 11) is 0. The van der Waals surface area contributed by atoms with Gasteiger partial charge in [0.05, 0.1) is 39.4 Å². The van der Waals surface area contributed by atoms with Crippen molar-refractivity contribution in [2.75, 3.05) is 26.3 Å². The molecule has 0 atom stereocenters. The maximum Gasteiger partial charge on any atom is 0.280 e. The third-order valence-electron chi connectivity index (χ3n) is 7.36. The second-order valence-corrected chi connectivity index (χ2v) is 13.4. The van der Waals surface area contributed by atoms with Crippen LogP contribution < -0.4 is 5.32 Å². The Bertz CT molecular complexity index is 1110. The van der Waals surface area contributed by atoms with Gasteiger partial charge in [0.1, 0.15) is 0 Å². The maximum absolute atomic E-state index is 12.9. The van der Waals surface area contributed by atoms with Gasteiger partial charge < -0.3 is 15.2 Å². The number of hydrogen-bond donors (Lipinski definition) is 2. The van der Waals surface area contributed by atoms with E-state index in [9.17, 15) is 9.90 Å². The van der Waals surface area contributed by atoms with Gasteiger partial charge in [-0.15, -0.1) is 11.3 Å². The third kappa shape index (κ3) is 7.25. The molecule has 0 unspecified atom stereocenters. The molecule has 2 N–H and O–H groups in total. The number of halogens is 2. The average molecular weight is 569 g/mol. The molecular formula is C28H39Cl2N3O3S. The number of carbonyl (C=O) groups is 1. The molecule has 204 valence electrons. The van der Waals surface area contributed by atoms with Crippen LogP contribution in [0.4, 0.5) is 0 Å². The first-order valence-electron chi connectivity index (χ1n) is 13.2. The van der Waals surface area contributed by atoms with Crippen molar-refractivity contribution in [1.82, 2.24) is 15.2 Å². The van der Waals surface area contributed by atoms with Crippen LogP contribution in [0.25, 0.3) is 10.4 Å². The van der Waals surface area contributed by atoms with E-state index in [1.807, 2.05) is 12.1 Å². The minimum absolute atomic E-state index is 0.0804. The fraction of sp³-hybridized carbons (Fsp3) is 0.643. The summed E-state index contributed by atoms with van der Waals surface area (Å²) in [5, 5.41) is 14.3. The molecule has 1 aromatic heterocycles. The predicted octanol–water partition coefficient (Wildman–Crippen LogP) is 6.35. The average Bonchev–Trinajstić information content (AvgIpc) is 3.25. The number of benzene rings is 1. The van der Waals surface area contributed by atoms with Gasteiger partial charge in [0.25, 0.3) is 5.91 Å². The quantitative estimate of drug-likeness (QED) is 0.388. The molecule has 0 bridgehead atoms. The summed E-state index contributed by atoms with van der Waals surface area (Å²) < 4.78 is 5.66. The van der Waals surface area contributed by atoms with E-state index >= 15 is 0 Å². The minimum atomic E-state index is -0.998. The van der Waals surface area contributed by atoms with Crippen LogP contribution in [0.5, 0.6) is 0 Å². The Morgan fingerprint density at radius 2 is 1.97 bits per heavy atom. The Hall–Kier alpha value is -1.22. The Labute approximate surface area is 234 Å². The van der Waals surface area contributed by atoms with Crippen molar-refractivity contribution in [1.29, 1.82) is 0 Å². The molecule has 0 radical (unpaired) electrons. The van der Waals surface area contributed by atoms with E-state index in [0.29, 0.717) is 40.7 Å². The molecule has 1 aromatic carbocycles. The van der Waals surface area contributed by atoms with Crippen molar-refractivity contribution >= 4 is 40.4 Å². The zero-order chi connectivity index (χ0) is 26.8. The zero-order valence-electron chi connectivity index (χ0n) is 22.3. The van der Waals surface area contributed by atoms with Gasteiger partial charge in [0, 0.05) is 30.7 Å². The number of hydrogen-bond acceptors (Lipinski definition) is 6. The first-order valence-corrected chi connectivity index (χ1v) is 14.8. The Balaban J connectivity index is 1.64. The van der Waals surface area contributed by atoms with E-state index in [-0.39, 0.29) is 18.0 Å². The van der Waals surface area contributed by atoms with Crippen LogP contribution in [0, 0.1) is 5.92 Å². The van der Waals surface area contributed by atoms with Crippen molar-refractivity contribution in [3.8, 4) is 10.4 Å². The molecule has 4 rings (SSSR count). The van der Waals surface area contributed by atoms with Crippen LogP contribution in [-0.4, -0.2) is 58.3 Å². The number of aliphatic hydroxyl groups is 1. The predicted molar refractivity (Wildman–Crippen MR) is 152 cm³/mol. The van der Waals surface area contributed by atoms with Gasteiger partial charge in [-0.2, -0.15) is 0 Å². The highest BCUT2D eigenvalue weighted by molar-refractivity contribution is 7.17. The van der Waals surface area contributed by atoms with E-state index in [1.54, 1.807) is 13.8 Å². The van der Waals surface area contributed by atoms with E-state index in [4.69, 9.17) is 32.9 Å². The summed E-state index contributed by atoms with van der Waals surface area (Å²) in [6.07, 6.45) is 6.94. The highest BCUT2D eigenvalue weighted by atomic mass is 35.5. The number of rotatable bonds is 8. The fourth-order valence-electron chi connectivity index (χ4n) is 5.11. The van der Waals surface area contributed by atoms with Crippen LogP contribution in [0.3, 0.4) is 0 Å². The molecule has 2 aromatic rings. The lowest BCUT2D eigenvalue weighted by Gasteiger charge is -2.42. The fourth-order valence-corrected chi connectivity index (χ4v) is 6.71. The summed E-state index contributed by atoms with van der Waals surface area (Å²) >= 11 is 15.1. The largest absolute Gasteiger partial charge is 0.389 e. The van der Waals surface area contributed by atoms with Crippen LogP contribution in [0.15, 0.2) is 12.1 Å². The van der Waals surface area contributed by atoms with Crippen molar-refractivity contribution in [2.45, 2.75) is 83.9 Å². The highest BCUT2D eigenvalue weighted by Crippen LogP contribution is 2.42. The second kappa shape index (κ2) is 11.9. The van der Waals surface area contributed by atoms with Gasteiger partial charge in [0.2, 0.25) is 0 Å². The number of nitrogens with one attached hydrogen (secondary N) is 1. The van der Waals surface area contributed by atoms with E-state index in [2.05, 4.69) is 24.1 Å². The van der Waals surface area contributed by atoms with Crippen molar-refractivity contribution in [3.63, 3.8) is 0 Å². The van der Waals surface area contributed by atoms with E-state index in [0.717, 1.165) is 34.7 Å². The van der Waals surface area contributed by atoms with Crippen molar-refractivity contribution in [3.05, 3.63) is 38.4 Å². The topological polar surface area (TPSA) is 74.7 Å². The molecular weight excluding hydrogens is 529 g/mol. The molecule has 0 spiro atoms. The number of amides is 1. The Morgan fingerprint density at radius 3 is 2.65 bits per heavy atom. The van der Waals surface area contributed by atoms with Crippen LogP contribution in [-0.2, 0) is 17.7 Å². The van der Waals surface area contributed by atoms with Crippen molar-refractivity contribution < 1.29 is 14.6 Å². The SMILES string of the molecule is CC(C)(O)CNC(=O)c1nc(CC2CCCCC2)c(-c2ccc(CN3CCOCC3(C)C)c(Cl)c2Cl)s1. The van der Waals surface area contributed by atoms with Gasteiger partial charge in [-0.3, -0.25) is 9.69 Å². The molecule has 1 aliphatic carbocycles. The summed E-state index contributed by atoms with van der Waals surface area (Å²) in [5.74, 6) is 0.274. The van der Waals surface area contributed by atoms with Crippen LogP contribution >= 0.6 is 34.5 Å². The number of morpholine rings is 1. The van der Waals surface area contributed by atoms with E-state index < -0.39 is 5.60 Å². The molecule has 1 aliphatic heterocycles. The summed E-state index contributed by atoms with van der Waals surface area (Å²) in [4.78, 5) is 21.0. The first-order chi connectivity index (χ1) is 17.4. The monoisotopic (exact) mass is 567 g/mol. The molecule has 2 heterocycles. The second-order valence-electron chi connectivity index (χ2n) is 11.7. The molecule has 1 saturated carbocycles. The molecule has 2 fully saturated rings. The lowest BCUT2D eigenvalue weighted by molar-refractivity contribution is -0.0552. The van der Waals surface area contributed by atoms with E-state index in [1.165, 1.54) is 43.4 Å². The normalized spacial score (nSPS) is 19.2. The number of thiazole rings is 1. The smallest absolute Gasteiger partial charge is 0.280 e. The number of aromatic nitrogens is 1. The molecule has 37 heavy (non-hydrogen) atoms. The minimum Gasteiger partial charge on any atom is -0.389 e. The zero-order valence-corrected chi connectivity index (χ0v) is 24.7. The first kappa shape index (κ1) is 28.8. The molecule has 9 heteroatoms.